The van der Waals surface area contributed by atoms with E-state index in [1.54, 1.807) is 10.9 Å². The summed E-state index contributed by atoms with van der Waals surface area (Å²) in [6.07, 6.45) is 3.54. The van der Waals surface area contributed by atoms with Gasteiger partial charge in [-0.05, 0) is 50.1 Å². The van der Waals surface area contributed by atoms with Crippen LogP contribution in [0.25, 0.3) is 11.4 Å². The van der Waals surface area contributed by atoms with Crippen LogP contribution in [-0.4, -0.2) is 29.7 Å². The van der Waals surface area contributed by atoms with E-state index in [-0.39, 0.29) is 6.54 Å². The van der Waals surface area contributed by atoms with Crippen molar-refractivity contribution in [2.45, 2.75) is 32.2 Å². The minimum Gasteiger partial charge on any atom is -0.271 e. The number of pyridine rings is 1. The summed E-state index contributed by atoms with van der Waals surface area (Å²) in [5.41, 5.74) is 4.12. The van der Waals surface area contributed by atoms with Gasteiger partial charge in [-0.3, -0.25) is 9.67 Å². The highest BCUT2D eigenvalue weighted by Crippen LogP contribution is 2.21. The third kappa shape index (κ3) is 4.00. The number of benzene rings is 1. The van der Waals surface area contributed by atoms with E-state index in [9.17, 15) is 8.42 Å². The Morgan fingerprint density at radius 3 is 2.42 bits per heavy atom. The second-order valence-electron chi connectivity index (χ2n) is 6.30. The quantitative estimate of drug-likeness (QED) is 0.724. The smallest absolute Gasteiger partial charge is 0.241 e. The molecule has 0 saturated heterocycles. The number of aryl methyl sites for hydroxylation is 3. The van der Waals surface area contributed by atoms with E-state index >= 15 is 0 Å². The monoisotopic (exact) mass is 370 g/mol. The van der Waals surface area contributed by atoms with Crippen LogP contribution in [0.5, 0.6) is 0 Å². The first-order valence-electron chi connectivity index (χ1n) is 8.39. The van der Waals surface area contributed by atoms with E-state index in [1.165, 1.54) is 0 Å². The van der Waals surface area contributed by atoms with Gasteiger partial charge < -0.3 is 0 Å². The van der Waals surface area contributed by atoms with Crippen molar-refractivity contribution in [2.75, 3.05) is 6.54 Å². The van der Waals surface area contributed by atoms with Gasteiger partial charge in [0, 0.05) is 18.9 Å². The molecule has 3 aromatic rings. The van der Waals surface area contributed by atoms with Crippen molar-refractivity contribution < 1.29 is 8.42 Å². The van der Waals surface area contributed by atoms with Crippen molar-refractivity contribution >= 4 is 10.0 Å². The normalized spacial score (nSPS) is 11.7. The third-order valence-electron chi connectivity index (χ3n) is 4.07. The number of rotatable bonds is 6. The Morgan fingerprint density at radius 2 is 1.77 bits per heavy atom. The lowest BCUT2D eigenvalue weighted by atomic mass is 10.1. The maximum Gasteiger partial charge on any atom is 0.241 e. The molecule has 0 aliphatic rings. The van der Waals surface area contributed by atoms with Gasteiger partial charge in [0.2, 0.25) is 10.0 Å². The standard InChI is InChI=1S/C19H22N4O2S/c1-14-12-15(2)19(16(3)13-14)26(24,25)21-9-11-23-10-7-18(22-23)17-6-4-5-8-20-17/h4-8,10,12-13,21H,9,11H2,1-3H3. The highest BCUT2D eigenvalue weighted by atomic mass is 32.2. The molecule has 0 fully saturated rings. The first-order chi connectivity index (χ1) is 12.4. The predicted molar refractivity (Wildman–Crippen MR) is 101 cm³/mol. The van der Waals surface area contributed by atoms with Crippen molar-refractivity contribution in [1.29, 1.82) is 0 Å². The summed E-state index contributed by atoms with van der Waals surface area (Å²) in [7, 11) is -3.56. The van der Waals surface area contributed by atoms with Crippen LogP contribution in [0, 0.1) is 20.8 Å². The van der Waals surface area contributed by atoms with E-state index in [2.05, 4.69) is 14.8 Å². The fourth-order valence-electron chi connectivity index (χ4n) is 3.09. The molecule has 7 heteroatoms. The largest absolute Gasteiger partial charge is 0.271 e. The molecule has 0 amide bonds. The number of aromatic nitrogens is 3. The van der Waals surface area contributed by atoms with Gasteiger partial charge in [0.15, 0.2) is 0 Å². The molecule has 0 spiro atoms. The molecule has 2 heterocycles. The number of hydrogen-bond acceptors (Lipinski definition) is 4. The van der Waals surface area contributed by atoms with E-state index in [1.807, 2.05) is 63.4 Å². The number of sulfonamides is 1. The summed E-state index contributed by atoms with van der Waals surface area (Å²) >= 11 is 0. The summed E-state index contributed by atoms with van der Waals surface area (Å²) in [6, 6.07) is 11.3. The van der Waals surface area contributed by atoms with Crippen LogP contribution >= 0.6 is 0 Å². The average molecular weight is 370 g/mol. The van der Waals surface area contributed by atoms with Gasteiger partial charge in [0.05, 0.1) is 17.1 Å². The Kier molecular flexibility index (Phi) is 5.20. The zero-order chi connectivity index (χ0) is 18.7. The minimum atomic E-state index is -3.56. The maximum absolute atomic E-state index is 12.7. The first kappa shape index (κ1) is 18.3. The number of nitrogens with one attached hydrogen (secondary N) is 1. The van der Waals surface area contributed by atoms with Gasteiger partial charge in [-0.25, -0.2) is 13.1 Å². The SMILES string of the molecule is Cc1cc(C)c(S(=O)(=O)NCCn2ccc(-c3ccccn3)n2)c(C)c1. The van der Waals surface area contributed by atoms with Crippen molar-refractivity contribution in [3.8, 4) is 11.4 Å². The summed E-state index contributed by atoms with van der Waals surface area (Å²) < 4.78 is 29.7. The molecule has 0 unspecified atom stereocenters. The zero-order valence-corrected chi connectivity index (χ0v) is 15.9. The molecule has 0 bridgehead atoms. The van der Waals surface area contributed by atoms with Crippen LogP contribution in [0.2, 0.25) is 0 Å². The van der Waals surface area contributed by atoms with Crippen molar-refractivity contribution in [3.63, 3.8) is 0 Å². The Morgan fingerprint density at radius 1 is 1.04 bits per heavy atom. The van der Waals surface area contributed by atoms with Gasteiger partial charge in [-0.1, -0.05) is 23.8 Å². The average Bonchev–Trinajstić information content (AvgIpc) is 3.03. The summed E-state index contributed by atoms with van der Waals surface area (Å²) in [4.78, 5) is 4.62. The molecule has 136 valence electrons. The minimum absolute atomic E-state index is 0.262. The topological polar surface area (TPSA) is 76.9 Å². The van der Waals surface area contributed by atoms with Gasteiger partial charge in [-0.15, -0.1) is 0 Å². The molecule has 0 atom stereocenters. The highest BCUT2D eigenvalue weighted by Gasteiger charge is 2.19. The lowest BCUT2D eigenvalue weighted by Gasteiger charge is -2.13. The lowest BCUT2D eigenvalue weighted by molar-refractivity contribution is 0.560. The fraction of sp³-hybridized carbons (Fsp3) is 0.263. The molecule has 0 aliphatic carbocycles. The molecular formula is C19H22N4O2S. The number of hydrogen-bond donors (Lipinski definition) is 1. The summed E-state index contributed by atoms with van der Waals surface area (Å²) in [6.45, 7) is 6.30. The maximum atomic E-state index is 12.7. The second-order valence-corrected chi connectivity index (χ2v) is 8.01. The zero-order valence-electron chi connectivity index (χ0n) is 15.1. The van der Waals surface area contributed by atoms with Gasteiger partial charge in [0.25, 0.3) is 0 Å². The molecule has 2 aromatic heterocycles. The van der Waals surface area contributed by atoms with Crippen molar-refractivity contribution in [1.82, 2.24) is 19.5 Å². The van der Waals surface area contributed by atoms with Gasteiger partial charge in [-0.2, -0.15) is 5.10 Å². The molecular weight excluding hydrogens is 348 g/mol. The molecule has 1 N–H and O–H groups in total. The molecule has 3 rings (SSSR count). The molecule has 0 aliphatic heterocycles. The van der Waals surface area contributed by atoms with E-state index in [0.29, 0.717) is 11.4 Å². The molecule has 6 nitrogen and oxygen atoms in total. The Bertz CT molecular complexity index is 988. The Hall–Kier alpha value is -2.51. The number of nitrogens with zero attached hydrogens (tertiary/aromatic N) is 3. The van der Waals surface area contributed by atoms with E-state index in [4.69, 9.17) is 0 Å². The Labute approximate surface area is 154 Å². The first-order valence-corrected chi connectivity index (χ1v) is 9.87. The third-order valence-corrected chi connectivity index (χ3v) is 5.84. The summed E-state index contributed by atoms with van der Waals surface area (Å²) in [5.74, 6) is 0. The molecule has 0 saturated carbocycles. The fourth-order valence-corrected chi connectivity index (χ4v) is 4.56. The van der Waals surface area contributed by atoms with E-state index in [0.717, 1.165) is 28.1 Å². The van der Waals surface area contributed by atoms with Gasteiger partial charge in [0.1, 0.15) is 5.69 Å². The lowest BCUT2D eigenvalue weighted by Crippen LogP contribution is -2.28. The van der Waals surface area contributed by atoms with Gasteiger partial charge >= 0.3 is 0 Å². The van der Waals surface area contributed by atoms with Crippen LogP contribution in [-0.2, 0) is 16.6 Å². The van der Waals surface area contributed by atoms with E-state index < -0.39 is 10.0 Å². The van der Waals surface area contributed by atoms with Crippen LogP contribution in [0.15, 0.2) is 53.7 Å². The molecule has 1 aromatic carbocycles. The van der Waals surface area contributed by atoms with Crippen molar-refractivity contribution in [3.05, 3.63) is 65.5 Å². The van der Waals surface area contributed by atoms with Crippen molar-refractivity contribution in [2.24, 2.45) is 0 Å². The predicted octanol–water partition coefficient (Wildman–Crippen LogP) is 2.85. The van der Waals surface area contributed by atoms with Crippen LogP contribution in [0.1, 0.15) is 16.7 Å². The Balaban J connectivity index is 1.68. The van der Waals surface area contributed by atoms with Crippen LogP contribution < -0.4 is 4.72 Å². The molecule has 0 radical (unpaired) electrons. The van der Waals surface area contributed by atoms with Crippen LogP contribution in [0.3, 0.4) is 0 Å². The highest BCUT2D eigenvalue weighted by molar-refractivity contribution is 7.89. The second kappa shape index (κ2) is 7.39. The summed E-state index contributed by atoms with van der Waals surface area (Å²) in [5, 5.41) is 4.44. The molecule has 26 heavy (non-hydrogen) atoms. The van der Waals surface area contributed by atoms with Crippen LogP contribution in [0.4, 0.5) is 0 Å².